The first-order valence-electron chi connectivity index (χ1n) is 7.69. The fourth-order valence-corrected chi connectivity index (χ4v) is 3.09. The van der Waals surface area contributed by atoms with E-state index in [1.54, 1.807) is 0 Å². The molecule has 1 fully saturated rings. The number of hydrogen-bond acceptors (Lipinski definition) is 2. The largest absolute Gasteiger partial charge is 0.338 e. The number of piperidine rings is 1. The van der Waals surface area contributed by atoms with Gasteiger partial charge in [0.25, 0.3) is 0 Å². The lowest BCUT2D eigenvalue weighted by molar-refractivity contribution is -0.135. The number of rotatable bonds is 4. The van der Waals surface area contributed by atoms with Gasteiger partial charge in [-0.25, -0.2) is 0 Å². The Kier molecular flexibility index (Phi) is 5.18. The Bertz CT molecular complexity index is 430. The Balaban J connectivity index is 1.99. The van der Waals surface area contributed by atoms with Gasteiger partial charge in [0.1, 0.15) is 0 Å². The van der Waals surface area contributed by atoms with Gasteiger partial charge in [-0.3, -0.25) is 4.79 Å². The number of benzene rings is 1. The van der Waals surface area contributed by atoms with Crippen LogP contribution in [0.5, 0.6) is 0 Å². The molecule has 2 N–H and O–H groups in total. The summed E-state index contributed by atoms with van der Waals surface area (Å²) in [6.45, 7) is 5.00. The summed E-state index contributed by atoms with van der Waals surface area (Å²) in [5, 5.41) is 0. The molecule has 2 rings (SSSR count). The number of hydrogen-bond donors (Lipinski definition) is 1. The molecule has 0 bridgehead atoms. The highest BCUT2D eigenvalue weighted by atomic mass is 16.2. The van der Waals surface area contributed by atoms with Gasteiger partial charge in [0.05, 0.1) is 0 Å². The molecule has 1 aliphatic heterocycles. The third kappa shape index (κ3) is 3.60. The van der Waals surface area contributed by atoms with Crippen LogP contribution in [-0.2, 0) is 4.79 Å². The maximum atomic E-state index is 12.6. The van der Waals surface area contributed by atoms with Crippen LogP contribution in [0.15, 0.2) is 30.3 Å². The molecule has 1 aliphatic rings. The van der Waals surface area contributed by atoms with Crippen molar-refractivity contribution in [2.24, 2.45) is 5.73 Å². The SMILES string of the molecule is CC(CC(=O)N1CCCCC1C(C)N)c1ccccc1. The quantitative estimate of drug-likeness (QED) is 0.917. The highest BCUT2D eigenvalue weighted by Crippen LogP contribution is 2.24. The van der Waals surface area contributed by atoms with Crippen molar-refractivity contribution in [3.63, 3.8) is 0 Å². The van der Waals surface area contributed by atoms with Crippen molar-refractivity contribution in [3.05, 3.63) is 35.9 Å². The monoisotopic (exact) mass is 274 g/mol. The van der Waals surface area contributed by atoms with Crippen LogP contribution in [0, 0.1) is 0 Å². The average molecular weight is 274 g/mol. The number of nitrogens with two attached hydrogens (primary N) is 1. The minimum atomic E-state index is 0.0614. The van der Waals surface area contributed by atoms with Gasteiger partial charge in [-0.1, -0.05) is 37.3 Å². The molecule has 1 saturated heterocycles. The lowest BCUT2D eigenvalue weighted by atomic mass is 9.93. The van der Waals surface area contributed by atoms with E-state index in [1.165, 1.54) is 12.0 Å². The molecule has 0 aliphatic carbocycles. The number of nitrogens with zero attached hydrogens (tertiary/aromatic N) is 1. The molecule has 3 nitrogen and oxygen atoms in total. The van der Waals surface area contributed by atoms with Crippen molar-refractivity contribution in [2.75, 3.05) is 6.54 Å². The molecule has 3 atom stereocenters. The Labute approximate surface area is 122 Å². The molecule has 1 amide bonds. The van der Waals surface area contributed by atoms with Crippen molar-refractivity contribution in [1.82, 2.24) is 4.90 Å². The van der Waals surface area contributed by atoms with Gasteiger partial charge in [0, 0.05) is 25.0 Å². The van der Waals surface area contributed by atoms with E-state index in [9.17, 15) is 4.79 Å². The van der Waals surface area contributed by atoms with Gasteiger partial charge < -0.3 is 10.6 Å². The standard InChI is InChI=1S/C17H26N2O/c1-13(15-8-4-3-5-9-15)12-17(20)19-11-7-6-10-16(19)14(2)18/h3-5,8-9,13-14,16H,6-7,10-12,18H2,1-2H3. The van der Waals surface area contributed by atoms with Crippen molar-refractivity contribution in [2.45, 2.75) is 57.5 Å². The van der Waals surface area contributed by atoms with Crippen LogP contribution in [0.2, 0.25) is 0 Å². The van der Waals surface area contributed by atoms with E-state index in [2.05, 4.69) is 19.1 Å². The van der Waals surface area contributed by atoms with Crippen LogP contribution < -0.4 is 5.73 Å². The molecular formula is C17H26N2O. The highest BCUT2D eigenvalue weighted by molar-refractivity contribution is 5.77. The highest BCUT2D eigenvalue weighted by Gasteiger charge is 2.29. The van der Waals surface area contributed by atoms with Gasteiger partial charge >= 0.3 is 0 Å². The summed E-state index contributed by atoms with van der Waals surface area (Å²) in [5.74, 6) is 0.516. The van der Waals surface area contributed by atoms with E-state index in [1.807, 2.05) is 30.0 Å². The zero-order valence-electron chi connectivity index (χ0n) is 12.6. The number of carbonyl (C=O) groups excluding carboxylic acids is 1. The third-order valence-electron chi connectivity index (χ3n) is 4.33. The first-order chi connectivity index (χ1) is 9.59. The minimum absolute atomic E-state index is 0.0614. The molecule has 1 heterocycles. The molecule has 3 heteroatoms. The second-order valence-corrected chi connectivity index (χ2v) is 6.03. The summed E-state index contributed by atoms with van der Waals surface area (Å²) >= 11 is 0. The zero-order chi connectivity index (χ0) is 14.5. The van der Waals surface area contributed by atoms with Crippen LogP contribution in [-0.4, -0.2) is 29.4 Å². The summed E-state index contributed by atoms with van der Waals surface area (Å²) in [7, 11) is 0. The fraction of sp³-hybridized carbons (Fsp3) is 0.588. The van der Waals surface area contributed by atoms with E-state index in [4.69, 9.17) is 5.73 Å². The van der Waals surface area contributed by atoms with Gasteiger partial charge in [-0.05, 0) is 37.7 Å². The van der Waals surface area contributed by atoms with E-state index in [-0.39, 0.29) is 23.9 Å². The van der Waals surface area contributed by atoms with Crippen LogP contribution in [0.25, 0.3) is 0 Å². The Morgan fingerprint density at radius 3 is 2.65 bits per heavy atom. The average Bonchev–Trinajstić information content (AvgIpc) is 2.48. The third-order valence-corrected chi connectivity index (χ3v) is 4.33. The van der Waals surface area contributed by atoms with Gasteiger partial charge in [-0.2, -0.15) is 0 Å². The van der Waals surface area contributed by atoms with Gasteiger partial charge in [-0.15, -0.1) is 0 Å². The molecule has 20 heavy (non-hydrogen) atoms. The first kappa shape index (κ1) is 15.0. The van der Waals surface area contributed by atoms with Crippen LogP contribution in [0.1, 0.15) is 51.0 Å². The van der Waals surface area contributed by atoms with Crippen molar-refractivity contribution < 1.29 is 4.79 Å². The fourth-order valence-electron chi connectivity index (χ4n) is 3.09. The maximum absolute atomic E-state index is 12.6. The normalized spacial score (nSPS) is 22.4. The predicted molar refractivity (Wildman–Crippen MR) is 82.5 cm³/mol. The summed E-state index contributed by atoms with van der Waals surface area (Å²) in [4.78, 5) is 14.6. The number of likely N-dealkylation sites (tertiary alicyclic amines) is 1. The van der Waals surface area contributed by atoms with Gasteiger partial charge in [0.2, 0.25) is 5.91 Å². The molecule has 1 aromatic carbocycles. The van der Waals surface area contributed by atoms with E-state index < -0.39 is 0 Å². The molecule has 0 aromatic heterocycles. The second kappa shape index (κ2) is 6.89. The van der Waals surface area contributed by atoms with Crippen LogP contribution in [0.3, 0.4) is 0 Å². The van der Waals surface area contributed by atoms with Crippen LogP contribution >= 0.6 is 0 Å². The Morgan fingerprint density at radius 1 is 1.30 bits per heavy atom. The molecule has 0 saturated carbocycles. The first-order valence-corrected chi connectivity index (χ1v) is 7.69. The Hall–Kier alpha value is -1.35. The zero-order valence-corrected chi connectivity index (χ0v) is 12.6. The summed E-state index contributed by atoms with van der Waals surface area (Å²) in [6.07, 6.45) is 3.91. The van der Waals surface area contributed by atoms with Crippen LogP contribution in [0.4, 0.5) is 0 Å². The second-order valence-electron chi connectivity index (χ2n) is 6.03. The lowest BCUT2D eigenvalue weighted by Gasteiger charge is -2.38. The molecule has 3 unspecified atom stereocenters. The van der Waals surface area contributed by atoms with E-state index in [0.717, 1.165) is 19.4 Å². The lowest BCUT2D eigenvalue weighted by Crippen LogP contribution is -2.51. The minimum Gasteiger partial charge on any atom is -0.338 e. The summed E-state index contributed by atoms with van der Waals surface area (Å²) in [6, 6.07) is 10.5. The number of carbonyl (C=O) groups is 1. The topological polar surface area (TPSA) is 46.3 Å². The smallest absolute Gasteiger partial charge is 0.223 e. The van der Waals surface area contributed by atoms with Crippen molar-refractivity contribution in [1.29, 1.82) is 0 Å². The Morgan fingerprint density at radius 2 is 2.00 bits per heavy atom. The van der Waals surface area contributed by atoms with Crippen molar-refractivity contribution >= 4 is 5.91 Å². The van der Waals surface area contributed by atoms with Crippen molar-refractivity contribution in [3.8, 4) is 0 Å². The predicted octanol–water partition coefficient (Wildman–Crippen LogP) is 2.91. The molecular weight excluding hydrogens is 248 g/mol. The molecule has 110 valence electrons. The van der Waals surface area contributed by atoms with E-state index >= 15 is 0 Å². The molecule has 0 spiro atoms. The van der Waals surface area contributed by atoms with Gasteiger partial charge in [0.15, 0.2) is 0 Å². The number of amides is 1. The molecule has 0 radical (unpaired) electrons. The maximum Gasteiger partial charge on any atom is 0.223 e. The summed E-state index contributed by atoms with van der Waals surface area (Å²) < 4.78 is 0. The summed E-state index contributed by atoms with van der Waals surface area (Å²) in [5.41, 5.74) is 7.28. The van der Waals surface area contributed by atoms with E-state index in [0.29, 0.717) is 6.42 Å². The molecule has 1 aromatic rings.